The Morgan fingerprint density at radius 2 is 2.04 bits per heavy atom. The second-order valence-electron chi connectivity index (χ2n) is 6.93. The zero-order valence-corrected chi connectivity index (χ0v) is 13.4. The van der Waals surface area contributed by atoms with E-state index >= 15 is 0 Å². The highest BCUT2D eigenvalue weighted by molar-refractivity contribution is 5.97. The molecular weight excluding hydrogens is 290 g/mol. The highest BCUT2D eigenvalue weighted by Gasteiger charge is 2.38. The third kappa shape index (κ3) is 3.33. The topological polar surface area (TPSA) is 69.3 Å². The minimum atomic E-state index is -0.157. The van der Waals surface area contributed by atoms with Crippen molar-refractivity contribution in [1.82, 2.24) is 15.8 Å². The molecule has 1 aromatic heterocycles. The summed E-state index contributed by atoms with van der Waals surface area (Å²) in [6.07, 6.45) is 8.92. The van der Waals surface area contributed by atoms with Gasteiger partial charge in [-0.2, -0.15) is 0 Å². The first-order valence-corrected chi connectivity index (χ1v) is 8.83. The molecule has 3 heterocycles. The van der Waals surface area contributed by atoms with Gasteiger partial charge in [-0.25, -0.2) is 10.4 Å². The Bertz CT molecular complexity index is 568. The van der Waals surface area contributed by atoms with Gasteiger partial charge in [-0.15, -0.1) is 0 Å². The Balaban J connectivity index is 1.42. The number of pyridine rings is 1. The maximum atomic E-state index is 12.6. The van der Waals surface area contributed by atoms with Gasteiger partial charge in [-0.05, 0) is 56.6 Å². The number of hydrogen-bond donors (Lipinski definition) is 3. The third-order valence-corrected chi connectivity index (χ3v) is 5.14. The molecule has 3 aliphatic rings. The van der Waals surface area contributed by atoms with E-state index in [2.05, 4.69) is 26.1 Å². The number of hydrazine groups is 1. The van der Waals surface area contributed by atoms with E-state index in [0.29, 0.717) is 6.04 Å². The number of carbonyl (C=O) groups excluding carboxylic acids is 1. The van der Waals surface area contributed by atoms with Crippen LogP contribution in [-0.2, 0) is 4.79 Å². The van der Waals surface area contributed by atoms with Gasteiger partial charge >= 0.3 is 0 Å². The first kappa shape index (κ1) is 14.9. The molecular formula is C17H25N5O. The average molecular weight is 315 g/mol. The molecule has 1 amide bonds. The maximum Gasteiger partial charge on any atom is 0.243 e. The lowest BCUT2D eigenvalue weighted by Gasteiger charge is -2.29. The fourth-order valence-corrected chi connectivity index (χ4v) is 3.63. The minimum absolute atomic E-state index is 0.0342. The molecule has 124 valence electrons. The first-order chi connectivity index (χ1) is 11.3. The van der Waals surface area contributed by atoms with E-state index in [4.69, 9.17) is 0 Å². The number of piperidine rings is 1. The molecule has 1 saturated carbocycles. The summed E-state index contributed by atoms with van der Waals surface area (Å²) < 4.78 is 0. The number of anilines is 2. The Morgan fingerprint density at radius 1 is 1.22 bits per heavy atom. The van der Waals surface area contributed by atoms with Gasteiger partial charge in [0.15, 0.2) is 5.82 Å². The number of carbonyl (C=O) groups is 1. The van der Waals surface area contributed by atoms with Crippen LogP contribution >= 0.6 is 0 Å². The molecule has 2 aliphatic heterocycles. The third-order valence-electron chi connectivity index (χ3n) is 5.14. The van der Waals surface area contributed by atoms with Crippen LogP contribution in [0, 0.1) is 5.92 Å². The molecule has 2 unspecified atom stereocenters. The van der Waals surface area contributed by atoms with Crippen molar-refractivity contribution >= 4 is 17.4 Å². The fraction of sp³-hybridized carbons (Fsp3) is 0.647. The van der Waals surface area contributed by atoms with Crippen LogP contribution in [0.4, 0.5) is 11.5 Å². The van der Waals surface area contributed by atoms with Crippen LogP contribution in [0.3, 0.4) is 0 Å². The van der Waals surface area contributed by atoms with Gasteiger partial charge in [0.1, 0.15) is 6.04 Å². The number of rotatable bonds is 4. The van der Waals surface area contributed by atoms with Crippen LogP contribution in [0.15, 0.2) is 18.3 Å². The molecule has 1 aliphatic carbocycles. The Kier molecular flexibility index (Phi) is 4.18. The van der Waals surface area contributed by atoms with Crippen molar-refractivity contribution in [2.75, 3.05) is 23.3 Å². The van der Waals surface area contributed by atoms with E-state index in [0.717, 1.165) is 36.9 Å². The quantitative estimate of drug-likeness (QED) is 0.788. The van der Waals surface area contributed by atoms with Crippen LogP contribution in [-0.4, -0.2) is 36.1 Å². The SMILES string of the molecule is O=C(Nc1cccnc1N1CCCCC1)C1CC(C2CC2)NN1. The summed E-state index contributed by atoms with van der Waals surface area (Å²) in [5, 5.41) is 3.08. The minimum Gasteiger partial charge on any atom is -0.355 e. The number of aromatic nitrogens is 1. The van der Waals surface area contributed by atoms with Crippen molar-refractivity contribution in [1.29, 1.82) is 0 Å². The van der Waals surface area contributed by atoms with Gasteiger partial charge in [-0.1, -0.05) is 0 Å². The maximum absolute atomic E-state index is 12.6. The number of hydrogen-bond acceptors (Lipinski definition) is 5. The molecule has 3 N–H and O–H groups in total. The van der Waals surface area contributed by atoms with Crippen LogP contribution in [0.25, 0.3) is 0 Å². The van der Waals surface area contributed by atoms with Crippen LogP contribution < -0.4 is 21.1 Å². The molecule has 3 fully saturated rings. The molecule has 0 radical (unpaired) electrons. The van der Waals surface area contributed by atoms with Crippen molar-refractivity contribution in [3.05, 3.63) is 18.3 Å². The summed E-state index contributed by atoms with van der Waals surface area (Å²) in [6.45, 7) is 2.04. The molecule has 0 aromatic carbocycles. The Hall–Kier alpha value is -1.66. The molecule has 0 bridgehead atoms. The van der Waals surface area contributed by atoms with Crippen LogP contribution in [0.1, 0.15) is 38.5 Å². The fourth-order valence-electron chi connectivity index (χ4n) is 3.63. The summed E-state index contributed by atoms with van der Waals surface area (Å²) in [4.78, 5) is 19.4. The molecule has 4 rings (SSSR count). The summed E-state index contributed by atoms with van der Waals surface area (Å²) in [6, 6.07) is 4.13. The number of nitrogens with zero attached hydrogens (tertiary/aromatic N) is 2. The van der Waals surface area contributed by atoms with Crippen molar-refractivity contribution in [2.45, 2.75) is 50.6 Å². The summed E-state index contributed by atoms with van der Waals surface area (Å²) in [5.74, 6) is 1.69. The molecule has 1 aromatic rings. The molecule has 0 spiro atoms. The summed E-state index contributed by atoms with van der Waals surface area (Å²) in [5.41, 5.74) is 7.26. The first-order valence-electron chi connectivity index (χ1n) is 8.83. The summed E-state index contributed by atoms with van der Waals surface area (Å²) >= 11 is 0. The van der Waals surface area contributed by atoms with Crippen molar-refractivity contribution in [3.63, 3.8) is 0 Å². The lowest BCUT2D eigenvalue weighted by atomic mass is 10.1. The zero-order chi connectivity index (χ0) is 15.6. The normalized spacial score (nSPS) is 27.9. The zero-order valence-electron chi connectivity index (χ0n) is 13.4. The highest BCUT2D eigenvalue weighted by atomic mass is 16.2. The second-order valence-corrected chi connectivity index (χ2v) is 6.93. The molecule has 23 heavy (non-hydrogen) atoms. The molecule has 6 heteroatoms. The van der Waals surface area contributed by atoms with Crippen molar-refractivity contribution < 1.29 is 4.79 Å². The van der Waals surface area contributed by atoms with Gasteiger partial charge in [0.2, 0.25) is 5.91 Å². The van der Waals surface area contributed by atoms with E-state index in [1.54, 1.807) is 6.20 Å². The largest absolute Gasteiger partial charge is 0.355 e. The Labute approximate surface area is 137 Å². The van der Waals surface area contributed by atoms with E-state index in [1.807, 2.05) is 12.1 Å². The van der Waals surface area contributed by atoms with Crippen LogP contribution in [0.2, 0.25) is 0 Å². The molecule has 2 saturated heterocycles. The lowest BCUT2D eigenvalue weighted by Crippen LogP contribution is -2.40. The van der Waals surface area contributed by atoms with E-state index in [1.165, 1.54) is 32.1 Å². The highest BCUT2D eigenvalue weighted by Crippen LogP contribution is 2.36. The second kappa shape index (κ2) is 6.45. The van der Waals surface area contributed by atoms with Crippen LogP contribution in [0.5, 0.6) is 0 Å². The summed E-state index contributed by atoms with van der Waals surface area (Å²) in [7, 11) is 0. The average Bonchev–Trinajstić information content (AvgIpc) is 3.33. The van der Waals surface area contributed by atoms with E-state index in [-0.39, 0.29) is 11.9 Å². The van der Waals surface area contributed by atoms with Crippen molar-refractivity contribution in [2.24, 2.45) is 5.92 Å². The van der Waals surface area contributed by atoms with Gasteiger partial charge < -0.3 is 10.2 Å². The van der Waals surface area contributed by atoms with E-state index in [9.17, 15) is 4.79 Å². The monoisotopic (exact) mass is 315 g/mol. The van der Waals surface area contributed by atoms with Gasteiger partial charge in [-0.3, -0.25) is 10.2 Å². The molecule has 2 atom stereocenters. The van der Waals surface area contributed by atoms with Gasteiger partial charge in [0, 0.05) is 25.3 Å². The standard InChI is InChI=1S/C17H25N5O/c23-17(15-11-14(20-21-15)12-6-7-12)19-13-5-4-8-18-16(13)22-9-2-1-3-10-22/h4-5,8,12,14-15,20-21H,1-3,6-7,9-11H2,(H,19,23). The number of amides is 1. The number of nitrogens with one attached hydrogen (secondary N) is 3. The van der Waals surface area contributed by atoms with Crippen molar-refractivity contribution in [3.8, 4) is 0 Å². The Morgan fingerprint density at radius 3 is 2.83 bits per heavy atom. The predicted octanol–water partition coefficient (Wildman–Crippen LogP) is 1.66. The lowest BCUT2D eigenvalue weighted by molar-refractivity contribution is -0.117. The smallest absolute Gasteiger partial charge is 0.243 e. The molecule has 6 nitrogen and oxygen atoms in total. The van der Waals surface area contributed by atoms with Gasteiger partial charge in [0.25, 0.3) is 0 Å². The predicted molar refractivity (Wildman–Crippen MR) is 90.1 cm³/mol. The van der Waals surface area contributed by atoms with E-state index < -0.39 is 0 Å². The van der Waals surface area contributed by atoms with Gasteiger partial charge in [0.05, 0.1) is 5.69 Å².